The maximum atomic E-state index is 12.2. The van der Waals surface area contributed by atoms with Gasteiger partial charge in [-0.25, -0.2) is 9.78 Å². The normalized spacial score (nSPS) is 15.1. The maximum Gasteiger partial charge on any atom is 0.409 e. The van der Waals surface area contributed by atoms with Crippen LogP contribution in [0.25, 0.3) is 0 Å². The number of carbonyl (C=O) groups excluding carboxylic acids is 2. The van der Waals surface area contributed by atoms with Gasteiger partial charge in [-0.2, -0.15) is 0 Å². The van der Waals surface area contributed by atoms with Crippen molar-refractivity contribution in [3.8, 4) is 0 Å². The SMILES string of the molecule is CCOC(=O)N1CCN(C(=O)c2cnc[nH]c2=O)CC1. The minimum atomic E-state index is -0.460. The molecule has 1 aliphatic rings. The van der Waals surface area contributed by atoms with Crippen LogP contribution in [0.5, 0.6) is 0 Å². The molecule has 20 heavy (non-hydrogen) atoms. The first kappa shape index (κ1) is 14.0. The van der Waals surface area contributed by atoms with Crippen molar-refractivity contribution in [1.82, 2.24) is 19.8 Å². The number of carbonyl (C=O) groups is 2. The Bertz CT molecular complexity index is 548. The number of hydrogen-bond donors (Lipinski definition) is 1. The number of nitrogens with one attached hydrogen (secondary N) is 1. The van der Waals surface area contributed by atoms with Crippen molar-refractivity contribution >= 4 is 12.0 Å². The molecule has 2 heterocycles. The highest BCUT2D eigenvalue weighted by atomic mass is 16.6. The average molecular weight is 280 g/mol. The highest BCUT2D eigenvalue weighted by molar-refractivity contribution is 5.93. The standard InChI is InChI=1S/C12H16N4O4/c1-2-20-12(19)16-5-3-15(4-6-16)11(18)9-7-13-8-14-10(9)17/h7-8H,2-6H2,1H3,(H,13,14,17). The molecule has 1 aromatic rings. The minimum Gasteiger partial charge on any atom is -0.450 e. The predicted octanol–water partition coefficient (Wildman–Crippen LogP) is -0.316. The summed E-state index contributed by atoms with van der Waals surface area (Å²) in [4.78, 5) is 44.4. The van der Waals surface area contributed by atoms with Crippen LogP contribution in [0.2, 0.25) is 0 Å². The zero-order valence-corrected chi connectivity index (χ0v) is 11.2. The van der Waals surface area contributed by atoms with E-state index in [2.05, 4.69) is 9.97 Å². The highest BCUT2D eigenvalue weighted by Crippen LogP contribution is 2.06. The Morgan fingerprint density at radius 3 is 2.55 bits per heavy atom. The summed E-state index contributed by atoms with van der Waals surface area (Å²) in [5.74, 6) is -0.372. The summed E-state index contributed by atoms with van der Waals surface area (Å²) in [5, 5.41) is 0. The van der Waals surface area contributed by atoms with Crippen LogP contribution >= 0.6 is 0 Å². The number of piperazine rings is 1. The second-order valence-corrected chi connectivity index (χ2v) is 4.27. The van der Waals surface area contributed by atoms with Gasteiger partial charge < -0.3 is 19.5 Å². The van der Waals surface area contributed by atoms with Gasteiger partial charge in [0.05, 0.1) is 12.9 Å². The van der Waals surface area contributed by atoms with Crippen LogP contribution in [-0.4, -0.2) is 64.6 Å². The van der Waals surface area contributed by atoms with Crippen LogP contribution in [-0.2, 0) is 4.74 Å². The van der Waals surface area contributed by atoms with E-state index >= 15 is 0 Å². The lowest BCUT2D eigenvalue weighted by molar-refractivity contribution is 0.0568. The quantitative estimate of drug-likeness (QED) is 0.801. The van der Waals surface area contributed by atoms with Crippen LogP contribution in [0.3, 0.4) is 0 Å². The number of amides is 2. The van der Waals surface area contributed by atoms with Gasteiger partial charge in [0.1, 0.15) is 5.56 Å². The molecule has 8 nitrogen and oxygen atoms in total. The fourth-order valence-electron chi connectivity index (χ4n) is 1.97. The Morgan fingerprint density at radius 1 is 1.30 bits per heavy atom. The van der Waals surface area contributed by atoms with Crippen molar-refractivity contribution in [2.24, 2.45) is 0 Å². The van der Waals surface area contributed by atoms with Crippen LogP contribution < -0.4 is 5.56 Å². The number of rotatable bonds is 2. The molecule has 1 fully saturated rings. The van der Waals surface area contributed by atoms with Crippen LogP contribution in [0.4, 0.5) is 4.79 Å². The zero-order valence-electron chi connectivity index (χ0n) is 11.2. The summed E-state index contributed by atoms with van der Waals surface area (Å²) < 4.78 is 4.90. The number of hydrogen-bond acceptors (Lipinski definition) is 5. The molecule has 1 N–H and O–H groups in total. The average Bonchev–Trinajstić information content (AvgIpc) is 2.47. The van der Waals surface area contributed by atoms with E-state index in [0.29, 0.717) is 32.8 Å². The Morgan fingerprint density at radius 2 is 1.95 bits per heavy atom. The van der Waals surface area contributed by atoms with Gasteiger partial charge in [-0.3, -0.25) is 9.59 Å². The molecule has 0 bridgehead atoms. The van der Waals surface area contributed by atoms with E-state index in [1.165, 1.54) is 17.4 Å². The summed E-state index contributed by atoms with van der Waals surface area (Å²) in [5.41, 5.74) is -0.449. The van der Waals surface area contributed by atoms with Crippen LogP contribution in [0.1, 0.15) is 17.3 Å². The molecular formula is C12H16N4O4. The molecule has 0 aliphatic carbocycles. The van der Waals surface area contributed by atoms with Crippen molar-refractivity contribution in [2.45, 2.75) is 6.92 Å². The zero-order chi connectivity index (χ0) is 14.5. The van der Waals surface area contributed by atoms with E-state index in [1.807, 2.05) is 0 Å². The van der Waals surface area contributed by atoms with E-state index in [-0.39, 0.29) is 17.6 Å². The van der Waals surface area contributed by atoms with E-state index in [9.17, 15) is 14.4 Å². The number of nitrogens with zero attached hydrogens (tertiary/aromatic N) is 3. The van der Waals surface area contributed by atoms with Gasteiger partial charge >= 0.3 is 6.09 Å². The lowest BCUT2D eigenvalue weighted by Crippen LogP contribution is -2.51. The van der Waals surface area contributed by atoms with Crippen molar-refractivity contribution in [3.05, 3.63) is 28.4 Å². The van der Waals surface area contributed by atoms with E-state index < -0.39 is 5.56 Å². The maximum absolute atomic E-state index is 12.2. The Kier molecular flexibility index (Phi) is 4.34. The Labute approximate surface area is 115 Å². The minimum absolute atomic E-state index is 0.0112. The summed E-state index contributed by atoms with van der Waals surface area (Å²) in [6, 6.07) is 0. The molecule has 1 aliphatic heterocycles. The Hall–Kier alpha value is -2.38. The van der Waals surface area contributed by atoms with E-state index in [0.717, 1.165) is 0 Å². The van der Waals surface area contributed by atoms with Crippen molar-refractivity contribution in [1.29, 1.82) is 0 Å². The van der Waals surface area contributed by atoms with Crippen molar-refractivity contribution < 1.29 is 14.3 Å². The monoisotopic (exact) mass is 280 g/mol. The molecule has 2 rings (SSSR count). The molecule has 1 aromatic heterocycles. The first-order valence-corrected chi connectivity index (χ1v) is 6.37. The fraction of sp³-hybridized carbons (Fsp3) is 0.500. The van der Waals surface area contributed by atoms with Gasteiger partial charge in [0.25, 0.3) is 11.5 Å². The van der Waals surface area contributed by atoms with Gasteiger partial charge in [0.2, 0.25) is 0 Å². The largest absolute Gasteiger partial charge is 0.450 e. The van der Waals surface area contributed by atoms with Crippen molar-refractivity contribution in [2.75, 3.05) is 32.8 Å². The summed E-state index contributed by atoms with van der Waals surface area (Å²) in [7, 11) is 0. The van der Waals surface area contributed by atoms with Crippen LogP contribution in [0, 0.1) is 0 Å². The fourth-order valence-corrected chi connectivity index (χ4v) is 1.97. The van der Waals surface area contributed by atoms with Gasteiger partial charge in [0.15, 0.2) is 0 Å². The van der Waals surface area contributed by atoms with E-state index in [1.54, 1.807) is 11.8 Å². The van der Waals surface area contributed by atoms with Crippen LogP contribution in [0.15, 0.2) is 17.3 Å². The smallest absolute Gasteiger partial charge is 0.409 e. The topological polar surface area (TPSA) is 95.6 Å². The summed E-state index contributed by atoms with van der Waals surface area (Å²) in [6.07, 6.45) is 2.11. The van der Waals surface area contributed by atoms with Gasteiger partial charge in [0, 0.05) is 32.4 Å². The third kappa shape index (κ3) is 2.95. The highest BCUT2D eigenvalue weighted by Gasteiger charge is 2.26. The van der Waals surface area contributed by atoms with Crippen molar-refractivity contribution in [3.63, 3.8) is 0 Å². The predicted molar refractivity (Wildman–Crippen MR) is 69.4 cm³/mol. The van der Waals surface area contributed by atoms with Gasteiger partial charge in [-0.15, -0.1) is 0 Å². The molecule has 108 valence electrons. The Balaban J connectivity index is 1.97. The van der Waals surface area contributed by atoms with Gasteiger partial charge in [-0.05, 0) is 6.92 Å². The lowest BCUT2D eigenvalue weighted by Gasteiger charge is -2.33. The molecule has 0 radical (unpaired) electrons. The molecule has 0 saturated carbocycles. The van der Waals surface area contributed by atoms with E-state index in [4.69, 9.17) is 4.74 Å². The second kappa shape index (κ2) is 6.18. The molecule has 0 atom stereocenters. The first-order chi connectivity index (χ1) is 9.63. The molecule has 1 saturated heterocycles. The molecule has 2 amide bonds. The third-order valence-corrected chi connectivity index (χ3v) is 3.04. The second-order valence-electron chi connectivity index (χ2n) is 4.27. The molecule has 0 aromatic carbocycles. The lowest BCUT2D eigenvalue weighted by atomic mass is 10.2. The molecular weight excluding hydrogens is 264 g/mol. The first-order valence-electron chi connectivity index (χ1n) is 6.37. The number of aromatic amines is 1. The van der Waals surface area contributed by atoms with Gasteiger partial charge in [-0.1, -0.05) is 0 Å². The number of H-pyrrole nitrogens is 1. The number of aromatic nitrogens is 2. The summed E-state index contributed by atoms with van der Waals surface area (Å²) in [6.45, 7) is 3.58. The number of ether oxygens (including phenoxy) is 1. The molecule has 8 heteroatoms. The molecule has 0 spiro atoms. The molecule has 0 unspecified atom stereocenters. The summed E-state index contributed by atoms with van der Waals surface area (Å²) >= 11 is 0. The third-order valence-electron chi connectivity index (χ3n) is 3.04.